The minimum atomic E-state index is -0.956. The number of amides is 3. The second-order valence-electron chi connectivity index (χ2n) is 5.77. The number of carboxylic acid groups (broad SMARTS) is 1. The summed E-state index contributed by atoms with van der Waals surface area (Å²) in [6, 6.07) is 6.37. The Kier molecular flexibility index (Phi) is 6.56. The van der Waals surface area contributed by atoms with E-state index in [1.165, 1.54) is 18.9 Å². The number of hydrogen-bond donors (Lipinski definition) is 3. The Morgan fingerprint density at radius 3 is 2.22 bits per heavy atom. The molecule has 126 valence electrons. The van der Waals surface area contributed by atoms with E-state index < -0.39 is 17.9 Å². The van der Waals surface area contributed by atoms with Gasteiger partial charge in [-0.25, -0.2) is 4.79 Å². The highest BCUT2D eigenvalue weighted by Gasteiger charge is 2.17. The van der Waals surface area contributed by atoms with Crippen molar-refractivity contribution in [2.45, 2.75) is 20.8 Å². The molecule has 0 saturated heterocycles. The fraction of sp³-hybridized carbons (Fsp3) is 0.438. The highest BCUT2D eigenvalue weighted by molar-refractivity contribution is 5.94. The Morgan fingerprint density at radius 2 is 1.70 bits per heavy atom. The van der Waals surface area contributed by atoms with Gasteiger partial charge in [0.2, 0.25) is 5.91 Å². The third kappa shape index (κ3) is 5.98. The van der Waals surface area contributed by atoms with Gasteiger partial charge in [0.05, 0.1) is 5.92 Å². The molecule has 0 aliphatic carbocycles. The summed E-state index contributed by atoms with van der Waals surface area (Å²) in [6.07, 6.45) is 0. The van der Waals surface area contributed by atoms with E-state index in [4.69, 9.17) is 5.11 Å². The second kappa shape index (κ2) is 8.17. The van der Waals surface area contributed by atoms with Crippen LogP contribution < -0.4 is 10.6 Å². The van der Waals surface area contributed by atoms with E-state index in [1.807, 2.05) is 0 Å². The monoisotopic (exact) mass is 321 g/mol. The lowest BCUT2D eigenvalue weighted by Gasteiger charge is -2.20. The van der Waals surface area contributed by atoms with Gasteiger partial charge in [-0.1, -0.05) is 26.8 Å². The summed E-state index contributed by atoms with van der Waals surface area (Å²) in [5.74, 6) is -1.86. The van der Waals surface area contributed by atoms with Crippen molar-refractivity contribution in [1.29, 1.82) is 0 Å². The van der Waals surface area contributed by atoms with Gasteiger partial charge < -0.3 is 20.6 Å². The molecule has 0 radical (unpaired) electrons. The Labute approximate surface area is 135 Å². The van der Waals surface area contributed by atoms with Gasteiger partial charge >= 0.3 is 12.0 Å². The Morgan fingerprint density at radius 1 is 1.13 bits per heavy atom. The van der Waals surface area contributed by atoms with Crippen molar-refractivity contribution < 1.29 is 19.5 Å². The molecule has 7 nitrogen and oxygen atoms in total. The van der Waals surface area contributed by atoms with E-state index >= 15 is 0 Å². The number of nitrogens with one attached hydrogen (secondary N) is 2. The van der Waals surface area contributed by atoms with Crippen LogP contribution in [0, 0.1) is 11.8 Å². The van der Waals surface area contributed by atoms with Gasteiger partial charge in [0, 0.05) is 30.9 Å². The van der Waals surface area contributed by atoms with Crippen molar-refractivity contribution in [3.63, 3.8) is 0 Å². The molecule has 0 saturated carbocycles. The highest BCUT2D eigenvalue weighted by Crippen LogP contribution is 2.16. The van der Waals surface area contributed by atoms with Crippen LogP contribution in [0.5, 0.6) is 0 Å². The maximum atomic E-state index is 12.0. The van der Waals surface area contributed by atoms with E-state index in [1.54, 1.807) is 38.1 Å². The van der Waals surface area contributed by atoms with E-state index in [2.05, 4.69) is 10.6 Å². The van der Waals surface area contributed by atoms with Crippen LogP contribution in [0.1, 0.15) is 20.8 Å². The molecular weight excluding hydrogens is 298 g/mol. The van der Waals surface area contributed by atoms with Gasteiger partial charge in [-0.3, -0.25) is 9.59 Å². The van der Waals surface area contributed by atoms with Crippen molar-refractivity contribution in [2.75, 3.05) is 24.2 Å². The van der Waals surface area contributed by atoms with Crippen molar-refractivity contribution in [3.8, 4) is 0 Å². The van der Waals surface area contributed by atoms with Crippen molar-refractivity contribution in [3.05, 3.63) is 24.3 Å². The van der Waals surface area contributed by atoms with Crippen LogP contribution in [-0.2, 0) is 9.59 Å². The quantitative estimate of drug-likeness (QED) is 0.749. The van der Waals surface area contributed by atoms with E-state index in [0.29, 0.717) is 11.4 Å². The van der Waals surface area contributed by atoms with Crippen LogP contribution in [-0.4, -0.2) is 41.5 Å². The van der Waals surface area contributed by atoms with Crippen molar-refractivity contribution in [1.82, 2.24) is 4.90 Å². The number of carbonyl (C=O) groups excluding carboxylic acids is 2. The average Bonchev–Trinajstić information content (AvgIpc) is 2.47. The molecule has 3 N–H and O–H groups in total. The molecule has 0 fully saturated rings. The summed E-state index contributed by atoms with van der Waals surface area (Å²) in [7, 11) is 1.53. The number of hydrogen-bond acceptors (Lipinski definition) is 3. The van der Waals surface area contributed by atoms with Gasteiger partial charge in [-0.05, 0) is 18.2 Å². The standard InChI is InChI=1S/C16H23N3O4/c1-10(2)14(20)17-12-6-5-7-13(8-12)18-16(23)19(4)9-11(3)15(21)22/h5-8,10-11H,9H2,1-4H3,(H,17,20)(H,18,23)(H,21,22). The smallest absolute Gasteiger partial charge is 0.321 e. The van der Waals surface area contributed by atoms with Crippen LogP contribution in [0.2, 0.25) is 0 Å². The summed E-state index contributed by atoms with van der Waals surface area (Å²) in [5.41, 5.74) is 1.11. The SMILES string of the molecule is CC(C)C(=O)Nc1cccc(NC(=O)N(C)CC(C)C(=O)O)c1. The fourth-order valence-corrected chi connectivity index (χ4v) is 1.75. The number of nitrogens with zero attached hydrogens (tertiary/aromatic N) is 1. The maximum Gasteiger partial charge on any atom is 0.321 e. The van der Waals surface area contributed by atoms with Crippen LogP contribution >= 0.6 is 0 Å². The lowest BCUT2D eigenvalue weighted by atomic mass is 10.2. The van der Waals surface area contributed by atoms with Crippen molar-refractivity contribution >= 4 is 29.3 Å². The number of urea groups is 1. The minimum Gasteiger partial charge on any atom is -0.481 e. The first-order chi connectivity index (χ1) is 10.7. The van der Waals surface area contributed by atoms with Crippen LogP contribution in [0.15, 0.2) is 24.3 Å². The molecular formula is C16H23N3O4. The van der Waals surface area contributed by atoms with E-state index in [9.17, 15) is 14.4 Å². The first kappa shape index (κ1) is 18.5. The Bertz CT molecular complexity index is 586. The molecule has 1 aromatic carbocycles. The molecule has 0 heterocycles. The molecule has 1 unspecified atom stereocenters. The predicted octanol–water partition coefficient (Wildman–Crippen LogP) is 2.47. The molecule has 0 aliphatic heterocycles. The number of anilines is 2. The largest absolute Gasteiger partial charge is 0.481 e. The van der Waals surface area contributed by atoms with Gasteiger partial charge in [-0.15, -0.1) is 0 Å². The lowest BCUT2D eigenvalue weighted by Crippen LogP contribution is -2.36. The molecule has 0 spiro atoms. The number of aliphatic carboxylic acids is 1. The molecule has 3 amide bonds. The summed E-state index contributed by atoms with van der Waals surface area (Å²) >= 11 is 0. The predicted molar refractivity (Wildman–Crippen MR) is 88.4 cm³/mol. The van der Waals surface area contributed by atoms with Gasteiger partial charge in [0.25, 0.3) is 0 Å². The molecule has 0 bridgehead atoms. The molecule has 7 heteroatoms. The lowest BCUT2D eigenvalue weighted by molar-refractivity contribution is -0.141. The third-order valence-electron chi connectivity index (χ3n) is 3.22. The molecule has 0 aromatic heterocycles. The molecule has 1 rings (SSSR count). The Balaban J connectivity index is 2.68. The average molecular weight is 321 g/mol. The second-order valence-corrected chi connectivity index (χ2v) is 5.77. The highest BCUT2D eigenvalue weighted by atomic mass is 16.4. The molecule has 1 atom stereocenters. The van der Waals surface area contributed by atoms with Crippen molar-refractivity contribution in [2.24, 2.45) is 11.8 Å². The first-order valence-electron chi connectivity index (χ1n) is 7.36. The maximum absolute atomic E-state index is 12.0. The van der Waals surface area contributed by atoms with Crippen LogP contribution in [0.4, 0.5) is 16.2 Å². The summed E-state index contributed by atoms with van der Waals surface area (Å²) in [4.78, 5) is 35.8. The summed E-state index contributed by atoms with van der Waals surface area (Å²) < 4.78 is 0. The van der Waals surface area contributed by atoms with Gasteiger partial charge in [0.1, 0.15) is 0 Å². The zero-order valence-electron chi connectivity index (χ0n) is 13.8. The molecule has 1 aromatic rings. The first-order valence-corrected chi connectivity index (χ1v) is 7.36. The number of rotatable bonds is 6. The molecule has 0 aliphatic rings. The number of carboxylic acids is 1. The van der Waals surface area contributed by atoms with Crippen LogP contribution in [0.3, 0.4) is 0 Å². The number of benzene rings is 1. The fourth-order valence-electron chi connectivity index (χ4n) is 1.75. The van der Waals surface area contributed by atoms with E-state index in [-0.39, 0.29) is 18.4 Å². The summed E-state index contributed by atoms with van der Waals surface area (Å²) in [5, 5.41) is 14.3. The van der Waals surface area contributed by atoms with Crippen LogP contribution in [0.25, 0.3) is 0 Å². The van der Waals surface area contributed by atoms with Gasteiger partial charge in [0.15, 0.2) is 0 Å². The number of carbonyl (C=O) groups is 3. The van der Waals surface area contributed by atoms with Gasteiger partial charge in [-0.2, -0.15) is 0 Å². The zero-order chi connectivity index (χ0) is 17.6. The molecule has 23 heavy (non-hydrogen) atoms. The third-order valence-corrected chi connectivity index (χ3v) is 3.22. The zero-order valence-corrected chi connectivity index (χ0v) is 13.8. The normalized spacial score (nSPS) is 11.7. The topological polar surface area (TPSA) is 98.7 Å². The summed E-state index contributed by atoms with van der Waals surface area (Å²) in [6.45, 7) is 5.22. The van der Waals surface area contributed by atoms with E-state index in [0.717, 1.165) is 0 Å². The minimum absolute atomic E-state index is 0.102. The Hall–Kier alpha value is -2.57.